The Kier molecular flexibility index (Phi) is 8.11. The minimum absolute atomic E-state index is 0. The van der Waals surface area contributed by atoms with E-state index in [9.17, 15) is 9.90 Å². The van der Waals surface area contributed by atoms with E-state index in [0.29, 0.717) is 13.0 Å². The van der Waals surface area contributed by atoms with Gasteiger partial charge in [0.2, 0.25) is 5.91 Å². The van der Waals surface area contributed by atoms with Crippen LogP contribution in [0.3, 0.4) is 0 Å². The van der Waals surface area contributed by atoms with E-state index in [-0.39, 0.29) is 24.1 Å². The number of rotatable bonds is 6. The van der Waals surface area contributed by atoms with Gasteiger partial charge in [0.1, 0.15) is 5.75 Å². The van der Waals surface area contributed by atoms with Gasteiger partial charge in [-0.3, -0.25) is 4.79 Å². The molecule has 1 amide bonds. The van der Waals surface area contributed by atoms with Crippen LogP contribution in [-0.2, 0) is 17.8 Å². The molecule has 0 aliphatic rings. The summed E-state index contributed by atoms with van der Waals surface area (Å²) < 4.78 is 0. The summed E-state index contributed by atoms with van der Waals surface area (Å²) in [7, 11) is 1.77. The Balaban J connectivity index is 0.00000288. The molecule has 0 unspecified atom stereocenters. The van der Waals surface area contributed by atoms with Crippen molar-refractivity contribution in [1.29, 1.82) is 0 Å². The van der Waals surface area contributed by atoms with E-state index in [2.05, 4.69) is 6.07 Å². The number of halogens is 1. The first-order chi connectivity index (χ1) is 11.0. The summed E-state index contributed by atoms with van der Waals surface area (Å²) in [6, 6.07) is 14.3. The number of carbonyl (C=O) groups is 1. The van der Waals surface area contributed by atoms with Gasteiger partial charge in [0.25, 0.3) is 0 Å². The number of nitrogens with zero attached hydrogens (tertiary/aromatic N) is 1. The second-order valence-corrected chi connectivity index (χ2v) is 6.40. The van der Waals surface area contributed by atoms with Crippen LogP contribution in [0.2, 0.25) is 0 Å². The number of likely N-dealkylation sites (N-methyl/N-ethyl adjacent to an activating group) is 1. The molecule has 1 atom stereocenters. The maximum absolute atomic E-state index is 12.4. The Labute approximate surface area is 153 Å². The van der Waals surface area contributed by atoms with E-state index in [1.165, 1.54) is 4.90 Å². The van der Waals surface area contributed by atoms with E-state index in [4.69, 9.17) is 5.73 Å². The summed E-state index contributed by atoms with van der Waals surface area (Å²) in [5.74, 6) is 0.118. The smallest absolute Gasteiger partial charge is 0.239 e. The minimum atomic E-state index is -0.590. The first-order valence-electron chi connectivity index (χ1n) is 7.41. The van der Waals surface area contributed by atoms with Crippen molar-refractivity contribution >= 4 is 30.1 Å². The topological polar surface area (TPSA) is 66.6 Å². The zero-order chi connectivity index (χ0) is 16.8. The van der Waals surface area contributed by atoms with Gasteiger partial charge in [-0.2, -0.15) is 0 Å². The molecule has 2 aromatic rings. The van der Waals surface area contributed by atoms with Crippen molar-refractivity contribution in [2.45, 2.75) is 23.9 Å². The summed E-state index contributed by atoms with van der Waals surface area (Å²) in [6.07, 6.45) is 2.48. The minimum Gasteiger partial charge on any atom is -0.508 e. The molecule has 0 heterocycles. The molecule has 6 heteroatoms. The second kappa shape index (κ2) is 9.57. The second-order valence-electron chi connectivity index (χ2n) is 5.52. The van der Waals surface area contributed by atoms with Crippen LogP contribution in [-0.4, -0.2) is 35.3 Å². The third-order valence-electron chi connectivity index (χ3n) is 3.64. The van der Waals surface area contributed by atoms with Crippen molar-refractivity contribution in [1.82, 2.24) is 4.90 Å². The summed E-state index contributed by atoms with van der Waals surface area (Å²) in [5.41, 5.74) is 8.06. The molecule has 24 heavy (non-hydrogen) atoms. The molecule has 0 radical (unpaired) electrons. The van der Waals surface area contributed by atoms with Crippen LogP contribution in [0.15, 0.2) is 53.4 Å². The number of carbonyl (C=O) groups excluding carboxylic acids is 1. The van der Waals surface area contributed by atoms with Gasteiger partial charge in [-0.1, -0.05) is 24.3 Å². The largest absolute Gasteiger partial charge is 0.508 e. The fourth-order valence-corrected chi connectivity index (χ4v) is 2.86. The van der Waals surface area contributed by atoms with Crippen LogP contribution >= 0.6 is 24.2 Å². The van der Waals surface area contributed by atoms with E-state index in [0.717, 1.165) is 11.1 Å². The molecular formula is C18H23ClN2O2S. The van der Waals surface area contributed by atoms with Gasteiger partial charge in [0.15, 0.2) is 0 Å². The number of hydrogen-bond donors (Lipinski definition) is 2. The maximum atomic E-state index is 12.4. The molecule has 0 saturated heterocycles. The summed E-state index contributed by atoms with van der Waals surface area (Å²) in [5, 5.41) is 9.29. The molecule has 0 bridgehead atoms. The normalized spacial score (nSPS) is 11.5. The molecule has 2 rings (SSSR count). The molecule has 0 spiro atoms. The molecule has 0 saturated carbocycles. The zero-order valence-electron chi connectivity index (χ0n) is 13.8. The van der Waals surface area contributed by atoms with Crippen molar-refractivity contribution in [2.75, 3.05) is 13.3 Å². The van der Waals surface area contributed by atoms with Crippen LogP contribution < -0.4 is 5.73 Å². The molecular weight excluding hydrogens is 344 g/mol. The predicted molar refractivity (Wildman–Crippen MR) is 102 cm³/mol. The third kappa shape index (κ3) is 5.74. The number of aromatic hydroxyl groups is 1. The lowest BCUT2D eigenvalue weighted by Gasteiger charge is -2.21. The van der Waals surface area contributed by atoms with Crippen molar-refractivity contribution in [3.8, 4) is 5.75 Å². The molecule has 0 aliphatic carbocycles. The van der Waals surface area contributed by atoms with Crippen LogP contribution in [0.5, 0.6) is 5.75 Å². The maximum Gasteiger partial charge on any atom is 0.239 e. The Morgan fingerprint density at radius 2 is 1.88 bits per heavy atom. The zero-order valence-corrected chi connectivity index (χ0v) is 15.4. The lowest BCUT2D eigenvalue weighted by Crippen LogP contribution is -2.42. The van der Waals surface area contributed by atoms with Gasteiger partial charge in [-0.25, -0.2) is 0 Å². The quantitative estimate of drug-likeness (QED) is 0.771. The summed E-state index contributed by atoms with van der Waals surface area (Å²) >= 11 is 1.68. The van der Waals surface area contributed by atoms with Gasteiger partial charge < -0.3 is 15.7 Å². The monoisotopic (exact) mass is 366 g/mol. The fourth-order valence-electron chi connectivity index (χ4n) is 2.38. The first kappa shape index (κ1) is 20.4. The average Bonchev–Trinajstić information content (AvgIpc) is 2.56. The Hall–Kier alpha value is -1.69. The molecule has 4 nitrogen and oxygen atoms in total. The fraction of sp³-hybridized carbons (Fsp3) is 0.278. The number of phenolic OH excluding ortho intramolecular Hbond substituents is 1. The van der Waals surface area contributed by atoms with Gasteiger partial charge in [0.05, 0.1) is 6.04 Å². The van der Waals surface area contributed by atoms with E-state index in [1.807, 2.05) is 24.5 Å². The Morgan fingerprint density at radius 3 is 2.50 bits per heavy atom. The van der Waals surface area contributed by atoms with E-state index in [1.54, 1.807) is 48.0 Å². The SMILES string of the molecule is CSc1cccc(CN(C)C(=O)[C@@H](N)Cc2ccc(O)cc2)c1.Cl. The van der Waals surface area contributed by atoms with Gasteiger partial charge >= 0.3 is 0 Å². The highest BCUT2D eigenvalue weighted by Gasteiger charge is 2.18. The lowest BCUT2D eigenvalue weighted by atomic mass is 10.1. The summed E-state index contributed by atoms with van der Waals surface area (Å²) in [4.78, 5) is 15.3. The van der Waals surface area contributed by atoms with Crippen molar-refractivity contribution in [3.63, 3.8) is 0 Å². The number of hydrogen-bond acceptors (Lipinski definition) is 4. The van der Waals surface area contributed by atoms with Crippen molar-refractivity contribution < 1.29 is 9.90 Å². The highest BCUT2D eigenvalue weighted by atomic mass is 35.5. The molecule has 0 fully saturated rings. The standard InChI is InChI=1S/C18H22N2O2S.ClH/c1-20(12-14-4-3-5-16(10-14)23-2)18(22)17(19)11-13-6-8-15(21)9-7-13;/h3-10,17,21H,11-12,19H2,1-2H3;1H/t17-;/m0./s1. The molecule has 2 aromatic carbocycles. The van der Waals surface area contributed by atoms with E-state index >= 15 is 0 Å². The van der Waals surface area contributed by atoms with Crippen LogP contribution in [0.25, 0.3) is 0 Å². The summed E-state index contributed by atoms with van der Waals surface area (Å²) in [6.45, 7) is 0.538. The van der Waals surface area contributed by atoms with E-state index < -0.39 is 6.04 Å². The number of phenols is 1. The highest BCUT2D eigenvalue weighted by molar-refractivity contribution is 7.98. The lowest BCUT2D eigenvalue weighted by molar-refractivity contribution is -0.131. The highest BCUT2D eigenvalue weighted by Crippen LogP contribution is 2.17. The molecule has 3 N–H and O–H groups in total. The number of nitrogens with two attached hydrogens (primary N) is 1. The Morgan fingerprint density at radius 1 is 1.21 bits per heavy atom. The van der Waals surface area contributed by atoms with Gasteiger partial charge in [-0.05, 0) is 48.1 Å². The average molecular weight is 367 g/mol. The van der Waals surface area contributed by atoms with Crippen LogP contribution in [0.1, 0.15) is 11.1 Å². The van der Waals surface area contributed by atoms with Crippen LogP contribution in [0, 0.1) is 0 Å². The number of amides is 1. The first-order valence-corrected chi connectivity index (χ1v) is 8.63. The van der Waals surface area contributed by atoms with Gasteiger partial charge in [-0.15, -0.1) is 24.2 Å². The number of benzene rings is 2. The van der Waals surface area contributed by atoms with Crippen molar-refractivity contribution in [2.24, 2.45) is 5.73 Å². The van der Waals surface area contributed by atoms with Gasteiger partial charge in [0, 0.05) is 18.5 Å². The van der Waals surface area contributed by atoms with Crippen molar-refractivity contribution in [3.05, 3.63) is 59.7 Å². The third-order valence-corrected chi connectivity index (χ3v) is 4.36. The number of thioether (sulfide) groups is 1. The molecule has 0 aliphatic heterocycles. The Bertz CT molecular complexity index is 664. The predicted octanol–water partition coefficient (Wildman–Crippen LogP) is 3.06. The molecule has 130 valence electrons. The van der Waals surface area contributed by atoms with Crippen LogP contribution in [0.4, 0.5) is 0 Å². The molecule has 0 aromatic heterocycles.